The number of fused-ring (bicyclic) bond motifs is 1. The second-order valence-corrected chi connectivity index (χ2v) is 3.56. The third-order valence-electron chi connectivity index (χ3n) is 2.31. The van der Waals surface area contributed by atoms with Crippen LogP contribution in [0.4, 0.5) is 5.82 Å². The molecule has 1 aromatic heterocycles. The van der Waals surface area contributed by atoms with Crippen molar-refractivity contribution in [1.82, 2.24) is 9.55 Å². The van der Waals surface area contributed by atoms with Crippen LogP contribution in [0.15, 0.2) is 47.3 Å². The third kappa shape index (κ3) is 1.99. The van der Waals surface area contributed by atoms with Gasteiger partial charge in [-0.25, -0.2) is 4.79 Å². The van der Waals surface area contributed by atoms with Gasteiger partial charge in [-0.15, -0.1) is 0 Å². The number of hydrogen-bond acceptors (Lipinski definition) is 4. The summed E-state index contributed by atoms with van der Waals surface area (Å²) in [5.41, 5.74) is 0.356. The molecular weight excluding hydrogens is 218 g/mol. The van der Waals surface area contributed by atoms with Gasteiger partial charge in [-0.1, -0.05) is 12.7 Å². The van der Waals surface area contributed by atoms with E-state index in [9.17, 15) is 4.79 Å². The van der Waals surface area contributed by atoms with Crippen molar-refractivity contribution in [2.45, 2.75) is 6.92 Å². The number of anilines is 1. The van der Waals surface area contributed by atoms with Gasteiger partial charge in [-0.2, -0.15) is 4.98 Å². The van der Waals surface area contributed by atoms with Gasteiger partial charge < -0.3 is 10.1 Å². The molecular formula is C12H13N3O2. The lowest BCUT2D eigenvalue weighted by molar-refractivity contribution is 0.426. The maximum absolute atomic E-state index is 11.4. The van der Waals surface area contributed by atoms with Crippen LogP contribution in [0.5, 0.6) is 5.75 Å². The predicted octanol–water partition coefficient (Wildman–Crippen LogP) is 1.56. The molecule has 0 bridgehead atoms. The minimum Gasteiger partial charge on any atom is -0.450 e. The van der Waals surface area contributed by atoms with Gasteiger partial charge in [0.15, 0.2) is 17.3 Å². The Hall–Kier alpha value is -2.30. The van der Waals surface area contributed by atoms with Crippen LogP contribution in [0.25, 0.3) is 0 Å². The fourth-order valence-corrected chi connectivity index (χ4v) is 1.48. The largest absolute Gasteiger partial charge is 0.450 e. The average molecular weight is 231 g/mol. The monoisotopic (exact) mass is 231 g/mol. The van der Waals surface area contributed by atoms with Crippen molar-refractivity contribution < 1.29 is 4.74 Å². The summed E-state index contributed by atoms with van der Waals surface area (Å²) in [5, 5.41) is 3.01. The highest BCUT2D eigenvalue weighted by molar-refractivity contribution is 5.59. The van der Waals surface area contributed by atoms with Crippen LogP contribution in [0.1, 0.15) is 6.92 Å². The van der Waals surface area contributed by atoms with E-state index < -0.39 is 0 Å². The molecule has 0 atom stereocenters. The van der Waals surface area contributed by atoms with Crippen molar-refractivity contribution in [2.24, 2.45) is 7.05 Å². The highest BCUT2D eigenvalue weighted by atomic mass is 16.5. The van der Waals surface area contributed by atoms with Crippen molar-refractivity contribution in [2.75, 3.05) is 5.32 Å². The Morgan fingerprint density at radius 3 is 3.00 bits per heavy atom. The first kappa shape index (κ1) is 11.2. The molecule has 0 radical (unpaired) electrons. The van der Waals surface area contributed by atoms with Crippen LogP contribution < -0.4 is 15.7 Å². The standard InChI is InChI=1S/C12H13N3O2/c1-4-6-9-8(5-2)13-11-10(17-9)7-15(3)12(16)14-11/h4-7H,2H2,1,3H3,(H,13,14,16)/b6-4-. The summed E-state index contributed by atoms with van der Waals surface area (Å²) in [6.07, 6.45) is 6.90. The van der Waals surface area contributed by atoms with Gasteiger partial charge in [-0.3, -0.25) is 4.57 Å². The smallest absolute Gasteiger partial charge is 0.349 e. The maximum atomic E-state index is 11.4. The lowest BCUT2D eigenvalue weighted by Gasteiger charge is -2.20. The number of aryl methyl sites for hydroxylation is 1. The number of ether oxygens (including phenoxy) is 1. The number of allylic oxidation sites excluding steroid dienone is 3. The van der Waals surface area contributed by atoms with Crippen LogP contribution in [-0.4, -0.2) is 9.55 Å². The van der Waals surface area contributed by atoms with E-state index in [2.05, 4.69) is 16.9 Å². The SMILES string of the molecule is C=CC1=C(/C=C\C)Oc2cn(C)c(=O)nc2N1. The van der Waals surface area contributed by atoms with Crippen molar-refractivity contribution in [1.29, 1.82) is 0 Å². The molecule has 17 heavy (non-hydrogen) atoms. The number of nitrogens with one attached hydrogen (secondary N) is 1. The van der Waals surface area contributed by atoms with E-state index in [1.54, 1.807) is 19.3 Å². The Balaban J connectivity index is 2.51. The molecule has 0 unspecified atom stereocenters. The van der Waals surface area contributed by atoms with E-state index in [0.717, 1.165) is 0 Å². The quantitative estimate of drug-likeness (QED) is 0.839. The summed E-state index contributed by atoms with van der Waals surface area (Å²) in [5.74, 6) is 1.58. The van der Waals surface area contributed by atoms with Crippen LogP contribution in [0.2, 0.25) is 0 Å². The summed E-state index contributed by atoms with van der Waals surface area (Å²) in [6, 6.07) is 0. The summed E-state index contributed by atoms with van der Waals surface area (Å²) < 4.78 is 7.02. The zero-order valence-corrected chi connectivity index (χ0v) is 9.73. The first-order valence-electron chi connectivity index (χ1n) is 5.17. The zero-order chi connectivity index (χ0) is 12.4. The second kappa shape index (κ2) is 4.29. The number of rotatable bonds is 2. The molecule has 0 saturated heterocycles. The molecule has 2 heterocycles. The third-order valence-corrected chi connectivity index (χ3v) is 2.31. The Morgan fingerprint density at radius 2 is 2.35 bits per heavy atom. The van der Waals surface area contributed by atoms with Crippen molar-refractivity contribution >= 4 is 5.82 Å². The van der Waals surface area contributed by atoms with Crippen molar-refractivity contribution in [3.63, 3.8) is 0 Å². The van der Waals surface area contributed by atoms with Gasteiger partial charge in [0.05, 0.1) is 11.9 Å². The van der Waals surface area contributed by atoms with E-state index in [4.69, 9.17) is 4.74 Å². The molecule has 0 saturated carbocycles. The summed E-state index contributed by atoms with van der Waals surface area (Å²) in [6.45, 7) is 5.58. The molecule has 1 N–H and O–H groups in total. The Bertz CT molecular complexity index is 582. The molecule has 0 fully saturated rings. The van der Waals surface area contributed by atoms with Gasteiger partial charge in [0.25, 0.3) is 0 Å². The van der Waals surface area contributed by atoms with Crippen molar-refractivity contribution in [3.05, 3.63) is 52.9 Å². The minimum absolute atomic E-state index is 0.335. The molecule has 0 aromatic carbocycles. The average Bonchev–Trinajstić information content (AvgIpc) is 2.31. The molecule has 1 aromatic rings. The van der Waals surface area contributed by atoms with Gasteiger partial charge in [-0.05, 0) is 19.1 Å². The van der Waals surface area contributed by atoms with E-state index in [1.807, 2.05) is 19.1 Å². The fraction of sp³-hybridized carbons (Fsp3) is 0.167. The molecule has 88 valence electrons. The van der Waals surface area contributed by atoms with Gasteiger partial charge in [0.1, 0.15) is 0 Å². The highest BCUT2D eigenvalue weighted by Gasteiger charge is 2.18. The molecule has 5 nitrogen and oxygen atoms in total. The second-order valence-electron chi connectivity index (χ2n) is 3.56. The first-order chi connectivity index (χ1) is 8.15. The van der Waals surface area contributed by atoms with E-state index >= 15 is 0 Å². The van der Waals surface area contributed by atoms with Crippen LogP contribution in [0.3, 0.4) is 0 Å². The number of aromatic nitrogens is 2. The van der Waals surface area contributed by atoms with E-state index in [1.165, 1.54) is 4.57 Å². The van der Waals surface area contributed by atoms with Crippen LogP contribution >= 0.6 is 0 Å². The van der Waals surface area contributed by atoms with Crippen LogP contribution in [-0.2, 0) is 7.05 Å². The molecule has 2 rings (SSSR count). The Morgan fingerprint density at radius 1 is 1.59 bits per heavy atom. The van der Waals surface area contributed by atoms with Gasteiger partial charge >= 0.3 is 5.69 Å². The zero-order valence-electron chi connectivity index (χ0n) is 9.73. The Kier molecular flexibility index (Phi) is 2.82. The summed E-state index contributed by atoms with van der Waals surface area (Å²) in [7, 11) is 1.63. The van der Waals surface area contributed by atoms with E-state index in [0.29, 0.717) is 23.0 Å². The normalized spacial score (nSPS) is 14.2. The molecule has 1 aliphatic rings. The van der Waals surface area contributed by atoms with E-state index in [-0.39, 0.29) is 5.69 Å². The predicted molar refractivity (Wildman–Crippen MR) is 65.8 cm³/mol. The number of hydrogen-bond donors (Lipinski definition) is 1. The molecule has 0 amide bonds. The van der Waals surface area contributed by atoms with Crippen LogP contribution in [0, 0.1) is 0 Å². The molecule has 1 aliphatic heterocycles. The lowest BCUT2D eigenvalue weighted by Crippen LogP contribution is -2.24. The van der Waals surface area contributed by atoms with Gasteiger partial charge in [0.2, 0.25) is 0 Å². The molecule has 5 heteroatoms. The first-order valence-corrected chi connectivity index (χ1v) is 5.17. The maximum Gasteiger partial charge on any atom is 0.349 e. The fourth-order valence-electron chi connectivity index (χ4n) is 1.48. The lowest BCUT2D eigenvalue weighted by atomic mass is 10.2. The summed E-state index contributed by atoms with van der Waals surface area (Å²) in [4.78, 5) is 15.3. The summed E-state index contributed by atoms with van der Waals surface area (Å²) >= 11 is 0. The highest BCUT2D eigenvalue weighted by Crippen LogP contribution is 2.29. The Labute approximate surface area is 98.8 Å². The topological polar surface area (TPSA) is 56.2 Å². The van der Waals surface area contributed by atoms with Crippen molar-refractivity contribution in [3.8, 4) is 5.75 Å². The molecule has 0 aliphatic carbocycles. The molecule has 0 spiro atoms. The van der Waals surface area contributed by atoms with Gasteiger partial charge in [0, 0.05) is 7.05 Å². The number of nitrogens with zero attached hydrogens (tertiary/aromatic N) is 2. The minimum atomic E-state index is -0.335.